The first kappa shape index (κ1) is 28.2. The van der Waals surface area contributed by atoms with Crippen LogP contribution in [0.15, 0.2) is 36.4 Å². The second-order valence-electron chi connectivity index (χ2n) is 7.96. The van der Waals surface area contributed by atoms with Gasteiger partial charge >= 0.3 is 15.2 Å². The van der Waals surface area contributed by atoms with Crippen LogP contribution in [0.1, 0.15) is 50.2 Å². The summed E-state index contributed by atoms with van der Waals surface area (Å²) in [4.78, 5) is 0. The second kappa shape index (κ2) is 13.7. The van der Waals surface area contributed by atoms with Crippen molar-refractivity contribution in [1.82, 2.24) is 0 Å². The van der Waals surface area contributed by atoms with Crippen molar-refractivity contribution in [3.63, 3.8) is 0 Å². The molecular formula is C24H38O7P2. The van der Waals surface area contributed by atoms with E-state index in [1.54, 1.807) is 0 Å². The fourth-order valence-electron chi connectivity index (χ4n) is 4.04. The molecule has 1 atom stereocenters. The first-order valence-corrected chi connectivity index (χ1v) is 14.7. The van der Waals surface area contributed by atoms with Crippen LogP contribution in [0, 0.1) is 0 Å². The molecule has 0 saturated carbocycles. The number of ether oxygens (including phenoxy) is 1. The molecule has 1 unspecified atom stereocenters. The van der Waals surface area contributed by atoms with Gasteiger partial charge < -0.3 is 22.8 Å². The minimum absolute atomic E-state index is 0.127. The molecule has 0 amide bonds. The smallest absolute Gasteiger partial charge is 0.334 e. The molecule has 2 aromatic rings. The van der Waals surface area contributed by atoms with Crippen molar-refractivity contribution >= 4 is 26.0 Å². The largest absolute Gasteiger partial charge is 0.377 e. The van der Waals surface area contributed by atoms with E-state index >= 15 is 0 Å². The molecule has 33 heavy (non-hydrogen) atoms. The van der Waals surface area contributed by atoms with E-state index in [2.05, 4.69) is 6.92 Å². The van der Waals surface area contributed by atoms with E-state index in [1.165, 1.54) is 28.4 Å². The van der Waals surface area contributed by atoms with Gasteiger partial charge in [-0.05, 0) is 41.2 Å². The molecule has 7 nitrogen and oxygen atoms in total. The van der Waals surface area contributed by atoms with Gasteiger partial charge in [0, 0.05) is 35.0 Å². The maximum Gasteiger partial charge on any atom is 0.334 e. The average Bonchev–Trinajstić information content (AvgIpc) is 2.85. The second-order valence-corrected chi connectivity index (χ2v) is 12.8. The van der Waals surface area contributed by atoms with E-state index in [9.17, 15) is 9.13 Å². The summed E-state index contributed by atoms with van der Waals surface area (Å²) in [7, 11) is -0.596. The van der Waals surface area contributed by atoms with Crippen molar-refractivity contribution in [2.75, 3.05) is 35.0 Å². The van der Waals surface area contributed by atoms with Gasteiger partial charge in [0.25, 0.3) is 0 Å². The van der Waals surface area contributed by atoms with Gasteiger partial charge in [0.05, 0.1) is 18.4 Å². The Hall–Kier alpha value is -1.04. The molecule has 0 heterocycles. The van der Waals surface area contributed by atoms with E-state index in [4.69, 9.17) is 22.8 Å². The third-order valence-electron chi connectivity index (χ3n) is 5.93. The number of fused-ring (bicyclic) bond motifs is 1. The zero-order valence-electron chi connectivity index (χ0n) is 20.5. The van der Waals surface area contributed by atoms with E-state index < -0.39 is 15.2 Å². The lowest BCUT2D eigenvalue weighted by Gasteiger charge is -2.24. The maximum absolute atomic E-state index is 12.9. The molecule has 2 rings (SSSR count). The van der Waals surface area contributed by atoms with Gasteiger partial charge in [-0.2, -0.15) is 0 Å². The number of unbranched alkanes of at least 4 members (excludes halogenated alkanes) is 1. The van der Waals surface area contributed by atoms with Gasteiger partial charge in [0.1, 0.15) is 0 Å². The van der Waals surface area contributed by atoms with Crippen molar-refractivity contribution in [1.29, 1.82) is 0 Å². The quantitative estimate of drug-likeness (QED) is 0.179. The van der Waals surface area contributed by atoms with Gasteiger partial charge in [0.2, 0.25) is 0 Å². The minimum Gasteiger partial charge on any atom is -0.377 e. The van der Waals surface area contributed by atoms with Crippen LogP contribution in [0.5, 0.6) is 0 Å². The zero-order chi connectivity index (χ0) is 24.3. The van der Waals surface area contributed by atoms with Crippen molar-refractivity contribution in [3.8, 4) is 0 Å². The van der Waals surface area contributed by atoms with E-state index in [-0.39, 0.29) is 11.8 Å². The van der Waals surface area contributed by atoms with Gasteiger partial charge in [0.15, 0.2) is 0 Å². The molecule has 0 N–H and O–H groups in total. The van der Waals surface area contributed by atoms with Crippen molar-refractivity contribution in [2.45, 2.75) is 57.5 Å². The van der Waals surface area contributed by atoms with Gasteiger partial charge in [-0.1, -0.05) is 56.2 Å². The van der Waals surface area contributed by atoms with Crippen LogP contribution in [0.3, 0.4) is 0 Å². The first-order chi connectivity index (χ1) is 15.9. The van der Waals surface area contributed by atoms with Crippen molar-refractivity contribution in [3.05, 3.63) is 47.5 Å². The Morgan fingerprint density at radius 3 is 2.00 bits per heavy atom. The fraction of sp³-hybridized carbons (Fsp3) is 0.583. The summed E-state index contributed by atoms with van der Waals surface area (Å²) < 4.78 is 52.4. The predicted molar refractivity (Wildman–Crippen MR) is 133 cm³/mol. The summed E-state index contributed by atoms with van der Waals surface area (Å²) in [6.07, 6.45) is 4.48. The molecule has 9 heteroatoms. The highest BCUT2D eigenvalue weighted by Gasteiger charge is 2.32. The standard InChI is InChI=1S/C24H38O7P2/c1-6-7-15-23(33(26,29-4)30-5)16-10-17-31-18-21-13-8-11-20-12-9-14-22(24(20)21)19-32(25,27-2)28-3/h8-9,11-14,23H,6-7,10,15-19H2,1-5H3. The highest BCUT2D eigenvalue weighted by Crippen LogP contribution is 2.55. The molecular weight excluding hydrogens is 462 g/mol. The molecule has 0 saturated heterocycles. The van der Waals surface area contributed by atoms with Crippen LogP contribution < -0.4 is 0 Å². The third kappa shape index (κ3) is 7.73. The lowest BCUT2D eigenvalue weighted by Crippen LogP contribution is -2.13. The summed E-state index contributed by atoms with van der Waals surface area (Å²) in [5.41, 5.74) is 1.79. The highest BCUT2D eigenvalue weighted by molar-refractivity contribution is 7.54. The van der Waals surface area contributed by atoms with Crippen LogP contribution in [0.2, 0.25) is 0 Å². The minimum atomic E-state index is -3.20. The Bertz CT molecular complexity index is 942. The average molecular weight is 501 g/mol. The van der Waals surface area contributed by atoms with Gasteiger partial charge in [-0.3, -0.25) is 9.13 Å². The third-order valence-corrected chi connectivity index (χ3v) is 10.2. The van der Waals surface area contributed by atoms with Crippen LogP contribution in [-0.4, -0.2) is 40.7 Å². The molecule has 0 radical (unpaired) electrons. The molecule has 0 aliphatic heterocycles. The summed E-state index contributed by atoms with van der Waals surface area (Å²) in [5.74, 6) is 0. The molecule has 0 aliphatic rings. The highest BCUT2D eigenvalue weighted by atomic mass is 31.2. The summed E-state index contributed by atoms with van der Waals surface area (Å²) in [6.45, 7) is 3.06. The van der Waals surface area contributed by atoms with E-state index in [1.807, 2.05) is 36.4 Å². The number of hydrogen-bond donors (Lipinski definition) is 0. The first-order valence-electron chi connectivity index (χ1n) is 11.3. The number of benzene rings is 2. The lowest BCUT2D eigenvalue weighted by molar-refractivity contribution is 0.117. The van der Waals surface area contributed by atoms with Crippen LogP contribution in [0.25, 0.3) is 10.8 Å². The molecule has 0 fully saturated rings. The predicted octanol–water partition coefficient (Wildman–Crippen LogP) is 7.17. The molecule has 186 valence electrons. The molecule has 0 bridgehead atoms. The summed E-state index contributed by atoms with van der Waals surface area (Å²) >= 11 is 0. The molecule has 0 aliphatic carbocycles. The van der Waals surface area contributed by atoms with Crippen LogP contribution in [0.4, 0.5) is 0 Å². The van der Waals surface area contributed by atoms with Gasteiger partial charge in [-0.25, -0.2) is 0 Å². The lowest BCUT2D eigenvalue weighted by atomic mass is 10.0. The van der Waals surface area contributed by atoms with Crippen LogP contribution in [-0.2, 0) is 44.7 Å². The Balaban J connectivity index is 2.06. The topological polar surface area (TPSA) is 80.3 Å². The fourth-order valence-corrected chi connectivity index (χ4v) is 6.87. The van der Waals surface area contributed by atoms with Crippen molar-refractivity contribution in [2.24, 2.45) is 0 Å². The number of rotatable bonds is 16. The summed E-state index contributed by atoms with van der Waals surface area (Å²) in [5, 5.41) is 2.06. The Kier molecular flexibility index (Phi) is 11.7. The molecule has 0 aromatic heterocycles. The van der Waals surface area contributed by atoms with E-state index in [0.29, 0.717) is 19.6 Å². The Labute approximate surface area is 198 Å². The molecule has 2 aromatic carbocycles. The van der Waals surface area contributed by atoms with Crippen molar-refractivity contribution < 1.29 is 32.0 Å². The Morgan fingerprint density at radius 2 is 1.42 bits per heavy atom. The number of hydrogen-bond acceptors (Lipinski definition) is 7. The normalized spacial score (nSPS) is 13.5. The maximum atomic E-state index is 12.9. The molecule has 0 spiro atoms. The Morgan fingerprint density at radius 1 is 0.818 bits per heavy atom. The SMILES string of the molecule is CCCCC(CCCOCc1cccc2cccc(CP(=O)(OC)OC)c12)P(=O)(OC)OC. The van der Waals surface area contributed by atoms with Gasteiger partial charge in [-0.15, -0.1) is 0 Å². The van der Waals surface area contributed by atoms with Crippen LogP contribution >= 0.6 is 15.2 Å². The monoisotopic (exact) mass is 500 g/mol. The summed E-state index contributed by atoms with van der Waals surface area (Å²) in [6, 6.07) is 12.0. The zero-order valence-corrected chi connectivity index (χ0v) is 22.2. The van der Waals surface area contributed by atoms with E-state index in [0.717, 1.165) is 47.6 Å².